The van der Waals surface area contributed by atoms with Crippen molar-refractivity contribution in [3.8, 4) is 0 Å². The van der Waals surface area contributed by atoms with Gasteiger partial charge in [-0.25, -0.2) is 0 Å². The molecule has 0 fully saturated rings. The lowest BCUT2D eigenvalue weighted by molar-refractivity contribution is 0.343. The van der Waals surface area contributed by atoms with Crippen molar-refractivity contribution in [1.29, 1.82) is 0 Å². The molecule has 32 valence electrons. The Labute approximate surface area is 31.1 Å². The van der Waals surface area contributed by atoms with Crippen molar-refractivity contribution in [1.82, 2.24) is 10.6 Å². The van der Waals surface area contributed by atoms with Crippen LogP contribution in [0.25, 0.3) is 0 Å². The minimum Gasteiger partial charge on any atom is -0.774 e. The van der Waals surface area contributed by atoms with Gasteiger partial charge >= 0.3 is 0 Å². The Morgan fingerprint density at radius 1 is 1.60 bits per heavy atom. The molecule has 0 bridgehead atoms. The Kier molecular flexibility index (Phi) is 2.09. The van der Waals surface area contributed by atoms with Gasteiger partial charge in [0.2, 0.25) is 0 Å². The third-order valence-electron chi connectivity index (χ3n) is 0.183. The maximum Gasteiger partial charge on any atom is 0.000306 e. The maximum atomic E-state index is 9.31. The van der Waals surface area contributed by atoms with Crippen LogP contribution in [0.4, 0.5) is 0 Å². The molecule has 0 aromatic heterocycles. The molecule has 0 aliphatic heterocycles. The zero-order chi connectivity index (χ0) is 4.28. The summed E-state index contributed by atoms with van der Waals surface area (Å²) in [7, 11) is 3.26. The van der Waals surface area contributed by atoms with Gasteiger partial charge in [-0.1, -0.05) is 0 Å². The number of hydrogen-bond acceptors (Lipinski definition) is 3. The Bertz CT molecular complexity index is 21.6. The second kappa shape index (κ2) is 2.14. The lowest BCUT2D eigenvalue weighted by Gasteiger charge is -2.13. The van der Waals surface area contributed by atoms with Crippen LogP contribution in [0.2, 0.25) is 0 Å². The fourth-order valence-corrected chi connectivity index (χ4v) is 0. The van der Waals surface area contributed by atoms with E-state index < -0.39 is 0 Å². The first-order chi connectivity index (χ1) is 2.27. The van der Waals surface area contributed by atoms with E-state index in [0.29, 0.717) is 0 Å². The zero-order valence-electron chi connectivity index (χ0n) is 3.36. The molecule has 0 rings (SSSR count). The van der Waals surface area contributed by atoms with Crippen LogP contribution < -0.4 is 5.59 Å². The van der Waals surface area contributed by atoms with Crippen LogP contribution in [0.3, 0.4) is 0 Å². The summed E-state index contributed by atoms with van der Waals surface area (Å²) in [5.74, 6) is 0. The van der Waals surface area contributed by atoms with Gasteiger partial charge in [0, 0.05) is 14.1 Å². The largest absolute Gasteiger partial charge is 0.774 e. The predicted molar refractivity (Wildman–Crippen MR) is 20.2 cm³/mol. The van der Waals surface area contributed by atoms with Gasteiger partial charge in [-0.2, -0.15) is 0 Å². The average molecular weight is 75.1 g/mol. The quantitative estimate of drug-likeness (QED) is 0.429. The molecule has 0 aliphatic rings. The molecule has 0 amide bonds. The normalized spacial score (nSPS) is 9.60. The van der Waals surface area contributed by atoms with E-state index in [1.165, 1.54) is 5.01 Å². The highest BCUT2D eigenvalue weighted by Crippen LogP contribution is 1.51. The molecule has 5 heavy (non-hydrogen) atoms. The van der Waals surface area contributed by atoms with E-state index in [2.05, 4.69) is 0 Å². The third kappa shape index (κ3) is 3.88. The first-order valence-electron chi connectivity index (χ1n) is 1.32. The van der Waals surface area contributed by atoms with Crippen LogP contribution >= 0.6 is 0 Å². The second-order valence-electron chi connectivity index (χ2n) is 0.986. The standard InChI is InChI=1S/C2H7N2O/c1-4(2)3-5/h3H,1-2H3/q-1. The monoisotopic (exact) mass is 75.1 g/mol. The van der Waals surface area contributed by atoms with E-state index in [1.807, 2.05) is 0 Å². The summed E-state index contributed by atoms with van der Waals surface area (Å²) < 4.78 is 0. The topological polar surface area (TPSA) is 38.3 Å². The van der Waals surface area contributed by atoms with E-state index in [0.717, 1.165) is 0 Å². The molecule has 3 heteroatoms. The maximum absolute atomic E-state index is 9.31. The summed E-state index contributed by atoms with van der Waals surface area (Å²) in [6.07, 6.45) is 0. The summed E-state index contributed by atoms with van der Waals surface area (Å²) in [5, 5.41) is 10.6. The van der Waals surface area contributed by atoms with Gasteiger partial charge in [-0.3, -0.25) is 5.01 Å². The summed E-state index contributed by atoms with van der Waals surface area (Å²) in [6.45, 7) is 0. The number of nitrogens with one attached hydrogen (secondary N) is 1. The van der Waals surface area contributed by atoms with E-state index in [-0.39, 0.29) is 0 Å². The minimum absolute atomic E-state index is 1.32. The minimum atomic E-state index is 1.32. The highest BCUT2D eigenvalue weighted by atomic mass is 16.5. The van der Waals surface area contributed by atoms with Crippen molar-refractivity contribution in [2.75, 3.05) is 14.1 Å². The van der Waals surface area contributed by atoms with Crippen LogP contribution in [0.5, 0.6) is 0 Å². The summed E-state index contributed by atoms with van der Waals surface area (Å²) in [4.78, 5) is 0. The number of nitrogens with zero attached hydrogens (tertiary/aromatic N) is 1. The van der Waals surface area contributed by atoms with Crippen LogP contribution in [-0.2, 0) is 0 Å². The van der Waals surface area contributed by atoms with Crippen molar-refractivity contribution in [2.45, 2.75) is 0 Å². The SMILES string of the molecule is CN(C)N[O-]. The molecule has 0 saturated carbocycles. The van der Waals surface area contributed by atoms with Crippen LogP contribution in [0, 0.1) is 5.21 Å². The van der Waals surface area contributed by atoms with E-state index >= 15 is 0 Å². The Morgan fingerprint density at radius 2 is 1.80 bits per heavy atom. The predicted octanol–water partition coefficient (Wildman–Crippen LogP) is -0.450. The van der Waals surface area contributed by atoms with Gasteiger partial charge in [0.05, 0.1) is 0 Å². The van der Waals surface area contributed by atoms with E-state index in [9.17, 15) is 5.21 Å². The van der Waals surface area contributed by atoms with Gasteiger partial charge in [-0.05, 0) is 0 Å². The fraction of sp³-hybridized carbons (Fsp3) is 1.00. The van der Waals surface area contributed by atoms with Gasteiger partial charge < -0.3 is 10.8 Å². The van der Waals surface area contributed by atoms with Gasteiger partial charge in [0.1, 0.15) is 0 Å². The molecule has 0 saturated heterocycles. The molecule has 0 atom stereocenters. The Hall–Kier alpha value is -0.120. The van der Waals surface area contributed by atoms with Crippen molar-refractivity contribution in [2.24, 2.45) is 0 Å². The molecular weight excluding hydrogens is 68.0 g/mol. The Balaban J connectivity index is 2.54. The van der Waals surface area contributed by atoms with Crippen LogP contribution in [0.15, 0.2) is 0 Å². The zero-order valence-corrected chi connectivity index (χ0v) is 3.36. The number of rotatable bonds is 1. The Morgan fingerprint density at radius 3 is 1.80 bits per heavy atom. The molecule has 0 unspecified atom stereocenters. The van der Waals surface area contributed by atoms with Crippen molar-refractivity contribution in [3.63, 3.8) is 0 Å². The van der Waals surface area contributed by atoms with Crippen LogP contribution in [0.1, 0.15) is 0 Å². The molecule has 0 aromatic rings. The number of hydrazine groups is 1. The van der Waals surface area contributed by atoms with Crippen molar-refractivity contribution < 1.29 is 0 Å². The summed E-state index contributed by atoms with van der Waals surface area (Å²) in [6, 6.07) is 0. The molecule has 3 nitrogen and oxygen atoms in total. The van der Waals surface area contributed by atoms with E-state index in [4.69, 9.17) is 0 Å². The van der Waals surface area contributed by atoms with Gasteiger partial charge in [0.25, 0.3) is 0 Å². The molecule has 0 spiro atoms. The lowest BCUT2D eigenvalue weighted by Crippen LogP contribution is -2.23. The molecule has 0 aromatic carbocycles. The van der Waals surface area contributed by atoms with Gasteiger partial charge in [-0.15, -0.1) is 0 Å². The molecule has 0 heterocycles. The van der Waals surface area contributed by atoms with Crippen LogP contribution in [-0.4, -0.2) is 19.1 Å². The first kappa shape index (κ1) is 4.88. The summed E-state index contributed by atoms with van der Waals surface area (Å²) >= 11 is 0. The highest BCUT2D eigenvalue weighted by Gasteiger charge is 1.62. The second-order valence-corrected chi connectivity index (χ2v) is 0.986. The fourth-order valence-electron chi connectivity index (χ4n) is 0. The summed E-state index contributed by atoms with van der Waals surface area (Å²) in [5.41, 5.74) is 1.61. The highest BCUT2D eigenvalue weighted by molar-refractivity contribution is 4.25. The average Bonchev–Trinajstić information content (AvgIpc) is 1.38. The molecule has 0 aliphatic carbocycles. The van der Waals surface area contributed by atoms with Crippen molar-refractivity contribution >= 4 is 0 Å². The van der Waals surface area contributed by atoms with Gasteiger partial charge in [0.15, 0.2) is 0 Å². The number of hydrogen-bond donors (Lipinski definition) is 1. The lowest BCUT2D eigenvalue weighted by atomic mass is 11.2. The van der Waals surface area contributed by atoms with E-state index in [1.54, 1.807) is 19.7 Å². The smallest absolute Gasteiger partial charge is 0.000306 e. The van der Waals surface area contributed by atoms with Crippen molar-refractivity contribution in [3.05, 3.63) is 5.21 Å². The third-order valence-corrected chi connectivity index (χ3v) is 0.183. The molecule has 1 N–H and O–H groups in total. The molecule has 0 radical (unpaired) electrons. The molecular formula is C2H7N2O-. The first-order valence-corrected chi connectivity index (χ1v) is 1.32.